The number of carbonyl (C=O) groups excluding carboxylic acids is 1. The van der Waals surface area contributed by atoms with Crippen LogP contribution in [0.3, 0.4) is 0 Å². The zero-order chi connectivity index (χ0) is 8.97. The topological polar surface area (TPSA) is 59.7 Å². The lowest BCUT2D eigenvalue weighted by atomic mass is 10.0. The first-order valence-corrected chi connectivity index (χ1v) is 3.50. The number of methoxy groups -OCH3 is 1. The van der Waals surface area contributed by atoms with Crippen molar-refractivity contribution in [3.05, 3.63) is 24.2 Å². The first-order valence-electron chi connectivity index (χ1n) is 3.50. The second-order valence-electron chi connectivity index (χ2n) is 2.32. The van der Waals surface area contributed by atoms with Crippen molar-refractivity contribution >= 4 is 5.97 Å². The van der Waals surface area contributed by atoms with Gasteiger partial charge in [-0.2, -0.15) is 0 Å². The average molecular weight is 170 g/mol. The summed E-state index contributed by atoms with van der Waals surface area (Å²) in [7, 11) is 1.28. The molecule has 1 unspecified atom stereocenters. The molecule has 0 aliphatic rings. The van der Waals surface area contributed by atoms with Crippen molar-refractivity contribution in [3.8, 4) is 0 Å². The fourth-order valence-corrected chi connectivity index (χ4v) is 0.932. The maximum Gasteiger partial charge on any atom is 0.315 e. The Balaban J connectivity index is 2.76. The van der Waals surface area contributed by atoms with E-state index in [9.17, 15) is 4.79 Å². The molecule has 0 aromatic carbocycles. The fraction of sp³-hybridized carbons (Fsp3) is 0.375. The second-order valence-corrected chi connectivity index (χ2v) is 2.32. The van der Waals surface area contributed by atoms with Crippen LogP contribution in [0, 0.1) is 0 Å². The van der Waals surface area contributed by atoms with Gasteiger partial charge in [0.05, 0.1) is 26.2 Å². The molecule has 1 N–H and O–H groups in total. The lowest BCUT2D eigenvalue weighted by molar-refractivity contribution is -0.143. The molecule has 4 heteroatoms. The van der Waals surface area contributed by atoms with Gasteiger partial charge in [-0.1, -0.05) is 0 Å². The van der Waals surface area contributed by atoms with Crippen LogP contribution in [-0.2, 0) is 9.53 Å². The molecule has 12 heavy (non-hydrogen) atoms. The number of furan rings is 1. The van der Waals surface area contributed by atoms with Gasteiger partial charge in [0.15, 0.2) is 0 Å². The number of aliphatic hydroxyl groups excluding tert-OH is 1. The summed E-state index contributed by atoms with van der Waals surface area (Å²) in [6.45, 7) is -0.272. The largest absolute Gasteiger partial charge is 0.472 e. The minimum atomic E-state index is -0.631. The maximum atomic E-state index is 11.0. The van der Waals surface area contributed by atoms with E-state index in [1.54, 1.807) is 6.07 Å². The zero-order valence-electron chi connectivity index (χ0n) is 6.69. The van der Waals surface area contributed by atoms with Crippen molar-refractivity contribution in [2.45, 2.75) is 5.92 Å². The van der Waals surface area contributed by atoms with Gasteiger partial charge in [0.25, 0.3) is 0 Å². The lowest BCUT2D eigenvalue weighted by Gasteiger charge is -2.08. The monoisotopic (exact) mass is 170 g/mol. The van der Waals surface area contributed by atoms with E-state index in [2.05, 4.69) is 4.74 Å². The Morgan fingerprint density at radius 2 is 2.58 bits per heavy atom. The highest BCUT2D eigenvalue weighted by atomic mass is 16.5. The maximum absolute atomic E-state index is 11.0. The highest BCUT2D eigenvalue weighted by Crippen LogP contribution is 2.16. The molecule has 0 aliphatic heterocycles. The van der Waals surface area contributed by atoms with Crippen LogP contribution in [0.4, 0.5) is 0 Å². The van der Waals surface area contributed by atoms with E-state index in [0.717, 1.165) is 0 Å². The van der Waals surface area contributed by atoms with E-state index < -0.39 is 11.9 Å². The smallest absolute Gasteiger partial charge is 0.315 e. The third-order valence-electron chi connectivity index (χ3n) is 1.61. The molecule has 0 aliphatic carbocycles. The first kappa shape index (κ1) is 8.80. The number of carbonyl (C=O) groups is 1. The van der Waals surface area contributed by atoms with Gasteiger partial charge >= 0.3 is 5.97 Å². The summed E-state index contributed by atoms with van der Waals surface area (Å²) >= 11 is 0. The molecule has 0 fully saturated rings. The molecule has 1 aromatic rings. The van der Waals surface area contributed by atoms with Crippen LogP contribution in [0.1, 0.15) is 11.5 Å². The van der Waals surface area contributed by atoms with Crippen LogP contribution >= 0.6 is 0 Å². The Hall–Kier alpha value is -1.29. The van der Waals surface area contributed by atoms with E-state index >= 15 is 0 Å². The number of hydrogen-bond donors (Lipinski definition) is 1. The number of esters is 1. The van der Waals surface area contributed by atoms with Gasteiger partial charge in [-0.25, -0.2) is 0 Å². The molecule has 1 rings (SSSR count). The van der Waals surface area contributed by atoms with Gasteiger partial charge in [-0.15, -0.1) is 0 Å². The molecular formula is C8H10O4. The Kier molecular flexibility index (Phi) is 2.88. The minimum Gasteiger partial charge on any atom is -0.472 e. The van der Waals surface area contributed by atoms with Crippen molar-refractivity contribution in [2.24, 2.45) is 0 Å². The Morgan fingerprint density at radius 1 is 1.83 bits per heavy atom. The van der Waals surface area contributed by atoms with Crippen LogP contribution in [0.5, 0.6) is 0 Å². The highest BCUT2D eigenvalue weighted by molar-refractivity contribution is 5.77. The van der Waals surface area contributed by atoms with Crippen molar-refractivity contribution in [2.75, 3.05) is 13.7 Å². The van der Waals surface area contributed by atoms with E-state index in [0.29, 0.717) is 5.56 Å². The van der Waals surface area contributed by atoms with E-state index in [4.69, 9.17) is 9.52 Å². The molecule has 1 heterocycles. The summed E-state index contributed by atoms with van der Waals surface area (Å²) in [6.07, 6.45) is 2.86. The third-order valence-corrected chi connectivity index (χ3v) is 1.61. The van der Waals surface area contributed by atoms with Crippen LogP contribution in [-0.4, -0.2) is 24.8 Å². The summed E-state index contributed by atoms with van der Waals surface area (Å²) < 4.78 is 9.26. The summed E-state index contributed by atoms with van der Waals surface area (Å²) in [6, 6.07) is 1.62. The summed E-state index contributed by atoms with van der Waals surface area (Å²) in [5.41, 5.74) is 0.629. The number of aliphatic hydroxyl groups is 1. The predicted octanol–water partition coefficient (Wildman–Crippen LogP) is 0.528. The van der Waals surface area contributed by atoms with Gasteiger partial charge in [-0.3, -0.25) is 4.79 Å². The van der Waals surface area contributed by atoms with E-state index in [1.807, 2.05) is 0 Å². The molecule has 0 radical (unpaired) electrons. The number of ether oxygens (including phenoxy) is 1. The predicted molar refractivity (Wildman–Crippen MR) is 40.6 cm³/mol. The Morgan fingerprint density at radius 3 is 3.00 bits per heavy atom. The van der Waals surface area contributed by atoms with Gasteiger partial charge < -0.3 is 14.3 Å². The summed E-state index contributed by atoms with van der Waals surface area (Å²) in [5.74, 6) is -1.09. The van der Waals surface area contributed by atoms with Crippen molar-refractivity contribution in [3.63, 3.8) is 0 Å². The van der Waals surface area contributed by atoms with E-state index in [-0.39, 0.29) is 6.61 Å². The molecule has 1 aromatic heterocycles. The minimum absolute atomic E-state index is 0.272. The molecule has 66 valence electrons. The molecule has 0 saturated carbocycles. The van der Waals surface area contributed by atoms with Gasteiger partial charge in [0.1, 0.15) is 5.92 Å². The fourth-order valence-electron chi connectivity index (χ4n) is 0.932. The summed E-state index contributed by atoms with van der Waals surface area (Å²) in [4.78, 5) is 11.0. The standard InChI is InChI=1S/C8H10O4/c1-11-8(10)7(4-9)6-2-3-12-5-6/h2-3,5,7,9H,4H2,1H3. The van der Waals surface area contributed by atoms with Crippen LogP contribution in [0.25, 0.3) is 0 Å². The van der Waals surface area contributed by atoms with Crippen molar-refractivity contribution in [1.29, 1.82) is 0 Å². The van der Waals surface area contributed by atoms with Gasteiger partial charge in [0, 0.05) is 5.56 Å². The molecule has 0 saturated heterocycles. The quantitative estimate of drug-likeness (QED) is 0.672. The van der Waals surface area contributed by atoms with Gasteiger partial charge in [-0.05, 0) is 6.07 Å². The Labute approximate surface area is 69.8 Å². The van der Waals surface area contributed by atoms with Crippen LogP contribution in [0.15, 0.2) is 23.0 Å². The highest BCUT2D eigenvalue weighted by Gasteiger charge is 2.20. The third kappa shape index (κ3) is 1.65. The number of rotatable bonds is 3. The van der Waals surface area contributed by atoms with Crippen molar-refractivity contribution < 1.29 is 19.1 Å². The van der Waals surface area contributed by atoms with Crippen LogP contribution in [0.2, 0.25) is 0 Å². The summed E-state index contributed by atoms with van der Waals surface area (Å²) in [5, 5.41) is 8.86. The lowest BCUT2D eigenvalue weighted by Crippen LogP contribution is -2.17. The first-order chi connectivity index (χ1) is 5.79. The number of hydrogen-bond acceptors (Lipinski definition) is 4. The van der Waals surface area contributed by atoms with Gasteiger partial charge in [0.2, 0.25) is 0 Å². The SMILES string of the molecule is COC(=O)C(CO)c1ccoc1. The molecule has 4 nitrogen and oxygen atoms in total. The normalized spacial score (nSPS) is 12.5. The molecule has 0 amide bonds. The Bertz CT molecular complexity index is 240. The molecule has 1 atom stereocenters. The second kappa shape index (κ2) is 3.92. The zero-order valence-corrected chi connectivity index (χ0v) is 6.69. The molecule has 0 bridgehead atoms. The molecular weight excluding hydrogens is 160 g/mol. The molecule has 0 spiro atoms. The van der Waals surface area contributed by atoms with E-state index in [1.165, 1.54) is 19.6 Å². The average Bonchev–Trinajstić information content (AvgIpc) is 2.58. The van der Waals surface area contributed by atoms with Crippen LogP contribution < -0.4 is 0 Å². The van der Waals surface area contributed by atoms with Crippen molar-refractivity contribution in [1.82, 2.24) is 0 Å².